The van der Waals surface area contributed by atoms with Gasteiger partial charge in [0.05, 0.1) is 11.6 Å². The molecule has 0 amide bonds. The average Bonchev–Trinajstić information content (AvgIpc) is 2.65. The minimum Gasteiger partial charge on any atom is -0.459 e. The minimum atomic E-state index is -0.409. The molecule has 3 aromatic rings. The van der Waals surface area contributed by atoms with Gasteiger partial charge in [-0.1, -0.05) is 54.1 Å². The third-order valence-corrected chi connectivity index (χ3v) is 4.47. The fraction of sp³-hybridized carbons (Fsp3) is 0.227. The van der Waals surface area contributed by atoms with E-state index >= 15 is 0 Å². The Labute approximate surface area is 164 Å². The summed E-state index contributed by atoms with van der Waals surface area (Å²) in [4.78, 5) is 21.4. The molecule has 0 saturated carbocycles. The lowest BCUT2D eigenvalue weighted by Gasteiger charge is -2.17. The summed E-state index contributed by atoms with van der Waals surface area (Å²) in [6, 6.07) is 19.1. The molecule has 0 saturated heterocycles. The van der Waals surface area contributed by atoms with Gasteiger partial charge in [-0.15, -0.1) is 0 Å². The van der Waals surface area contributed by atoms with Crippen molar-refractivity contribution in [3.8, 4) is 0 Å². The number of esters is 1. The second-order valence-corrected chi connectivity index (χ2v) is 6.89. The smallest absolute Gasteiger partial charge is 0.314 e. The molecule has 0 N–H and O–H groups in total. The fourth-order valence-corrected chi connectivity index (χ4v) is 3.12. The number of hydrogen-bond donors (Lipinski definition) is 0. The van der Waals surface area contributed by atoms with Gasteiger partial charge >= 0.3 is 5.97 Å². The molecular formula is C22H21ClN2O2. The number of rotatable bonds is 6. The van der Waals surface area contributed by atoms with E-state index in [-0.39, 0.29) is 12.6 Å². The number of carbonyl (C=O) groups excluding carboxylic acids is 1. The van der Waals surface area contributed by atoms with Crippen LogP contribution in [0.4, 0.5) is 0 Å². The molecule has 1 unspecified atom stereocenters. The molecule has 1 atom stereocenters. The molecule has 0 radical (unpaired) electrons. The Balaban J connectivity index is 1.78. The fourth-order valence-electron chi connectivity index (χ4n) is 3.00. The van der Waals surface area contributed by atoms with Gasteiger partial charge in [0.1, 0.15) is 12.4 Å². The van der Waals surface area contributed by atoms with E-state index < -0.39 is 5.92 Å². The van der Waals surface area contributed by atoms with E-state index in [4.69, 9.17) is 16.3 Å². The largest absolute Gasteiger partial charge is 0.459 e. The van der Waals surface area contributed by atoms with Crippen LogP contribution in [0.5, 0.6) is 0 Å². The highest BCUT2D eigenvalue weighted by atomic mass is 35.5. The van der Waals surface area contributed by atoms with Crippen molar-refractivity contribution in [1.29, 1.82) is 0 Å². The molecule has 0 bridgehead atoms. The summed E-state index contributed by atoms with van der Waals surface area (Å²) >= 11 is 6.00. The van der Waals surface area contributed by atoms with Crippen molar-refractivity contribution in [2.45, 2.75) is 32.8 Å². The second-order valence-electron chi connectivity index (χ2n) is 6.45. The first kappa shape index (κ1) is 19.1. The number of carbonyl (C=O) groups is 1. The van der Waals surface area contributed by atoms with Crippen LogP contribution in [-0.4, -0.2) is 15.9 Å². The van der Waals surface area contributed by atoms with E-state index in [1.807, 2.05) is 62.4 Å². The maximum Gasteiger partial charge on any atom is 0.314 e. The predicted molar refractivity (Wildman–Crippen MR) is 106 cm³/mol. The van der Waals surface area contributed by atoms with Crippen molar-refractivity contribution >= 4 is 17.6 Å². The number of hydrogen-bond acceptors (Lipinski definition) is 4. The summed E-state index contributed by atoms with van der Waals surface area (Å²) in [5.41, 5.74) is 3.50. The summed E-state index contributed by atoms with van der Waals surface area (Å²) < 4.78 is 5.59. The zero-order chi connectivity index (χ0) is 19.2. The standard InChI is InChI=1S/C22H21ClN2O2/c1-15-12-20(25-16(2)24-15)14-27-22(26)21(13-17-6-4-3-5-7-17)18-8-10-19(23)11-9-18/h3-12,21H,13-14H2,1-2H3. The molecule has 0 aliphatic carbocycles. The van der Waals surface area contributed by atoms with Crippen LogP contribution in [0.3, 0.4) is 0 Å². The van der Waals surface area contributed by atoms with Crippen LogP contribution in [0.25, 0.3) is 0 Å². The van der Waals surface area contributed by atoms with Gasteiger partial charge in [-0.05, 0) is 49.6 Å². The summed E-state index contributed by atoms with van der Waals surface area (Å²) in [7, 11) is 0. The van der Waals surface area contributed by atoms with Gasteiger partial charge in [-0.2, -0.15) is 0 Å². The number of ether oxygens (including phenoxy) is 1. The molecule has 27 heavy (non-hydrogen) atoms. The zero-order valence-corrected chi connectivity index (χ0v) is 16.1. The highest BCUT2D eigenvalue weighted by Gasteiger charge is 2.23. The molecule has 138 valence electrons. The molecule has 1 heterocycles. The monoisotopic (exact) mass is 380 g/mol. The molecule has 0 fully saturated rings. The Kier molecular flexibility index (Phi) is 6.20. The lowest BCUT2D eigenvalue weighted by molar-refractivity contribution is -0.147. The van der Waals surface area contributed by atoms with Gasteiger partial charge in [0, 0.05) is 10.7 Å². The van der Waals surface area contributed by atoms with Crippen LogP contribution in [0, 0.1) is 13.8 Å². The number of nitrogens with zero attached hydrogens (tertiary/aromatic N) is 2. The summed E-state index contributed by atoms with van der Waals surface area (Å²) in [6.45, 7) is 3.85. The van der Waals surface area contributed by atoms with Crippen molar-refractivity contribution in [3.63, 3.8) is 0 Å². The van der Waals surface area contributed by atoms with Crippen LogP contribution in [-0.2, 0) is 22.6 Å². The predicted octanol–water partition coefficient (Wildman–Crippen LogP) is 4.82. The van der Waals surface area contributed by atoms with Gasteiger partial charge in [0.25, 0.3) is 0 Å². The molecular weight excluding hydrogens is 360 g/mol. The third-order valence-electron chi connectivity index (χ3n) is 4.22. The molecule has 5 heteroatoms. The highest BCUT2D eigenvalue weighted by Crippen LogP contribution is 2.24. The number of halogens is 1. The molecule has 0 aliphatic rings. The van der Waals surface area contributed by atoms with Crippen LogP contribution in [0.15, 0.2) is 60.7 Å². The van der Waals surface area contributed by atoms with Gasteiger partial charge in [0.2, 0.25) is 0 Å². The first-order valence-electron chi connectivity index (χ1n) is 8.78. The summed E-state index contributed by atoms with van der Waals surface area (Å²) in [6.07, 6.45) is 0.559. The normalized spacial score (nSPS) is 11.8. The van der Waals surface area contributed by atoms with E-state index in [0.717, 1.165) is 16.8 Å². The van der Waals surface area contributed by atoms with E-state index in [1.165, 1.54) is 0 Å². The highest BCUT2D eigenvalue weighted by molar-refractivity contribution is 6.30. The van der Waals surface area contributed by atoms with E-state index in [9.17, 15) is 4.79 Å². The summed E-state index contributed by atoms with van der Waals surface area (Å²) in [5.74, 6) is -0.0247. The van der Waals surface area contributed by atoms with E-state index in [0.29, 0.717) is 23.0 Å². The molecule has 0 aliphatic heterocycles. The van der Waals surface area contributed by atoms with Crippen molar-refractivity contribution in [2.24, 2.45) is 0 Å². The average molecular weight is 381 g/mol. The maximum absolute atomic E-state index is 12.9. The first-order valence-corrected chi connectivity index (χ1v) is 9.16. The first-order chi connectivity index (χ1) is 13.0. The molecule has 4 nitrogen and oxygen atoms in total. The van der Waals surface area contributed by atoms with Gasteiger partial charge in [-0.25, -0.2) is 9.97 Å². The molecule has 2 aromatic carbocycles. The van der Waals surface area contributed by atoms with E-state index in [2.05, 4.69) is 9.97 Å². The topological polar surface area (TPSA) is 52.1 Å². The Bertz CT molecular complexity index is 891. The van der Waals surface area contributed by atoms with Crippen LogP contribution < -0.4 is 0 Å². The van der Waals surface area contributed by atoms with E-state index in [1.54, 1.807) is 12.1 Å². The maximum atomic E-state index is 12.9. The van der Waals surface area contributed by atoms with Crippen molar-refractivity contribution in [1.82, 2.24) is 9.97 Å². The van der Waals surface area contributed by atoms with Gasteiger partial charge in [-0.3, -0.25) is 4.79 Å². The summed E-state index contributed by atoms with van der Waals surface area (Å²) in [5, 5.41) is 0.637. The molecule has 1 aromatic heterocycles. The van der Waals surface area contributed by atoms with Crippen molar-refractivity contribution in [2.75, 3.05) is 0 Å². The Morgan fingerprint density at radius 2 is 1.74 bits per heavy atom. The molecule has 3 rings (SSSR count). The number of aryl methyl sites for hydroxylation is 2. The van der Waals surface area contributed by atoms with Crippen LogP contribution >= 0.6 is 11.6 Å². The van der Waals surface area contributed by atoms with Crippen LogP contribution in [0.1, 0.15) is 34.3 Å². The second kappa shape index (κ2) is 8.78. The minimum absolute atomic E-state index is 0.127. The number of aromatic nitrogens is 2. The van der Waals surface area contributed by atoms with Gasteiger partial charge < -0.3 is 4.74 Å². The lowest BCUT2D eigenvalue weighted by atomic mass is 9.92. The zero-order valence-electron chi connectivity index (χ0n) is 15.4. The van der Waals surface area contributed by atoms with Gasteiger partial charge in [0.15, 0.2) is 0 Å². The van der Waals surface area contributed by atoms with Crippen molar-refractivity contribution in [3.05, 3.63) is 94.0 Å². The lowest BCUT2D eigenvalue weighted by Crippen LogP contribution is -2.19. The SMILES string of the molecule is Cc1cc(COC(=O)C(Cc2ccccc2)c2ccc(Cl)cc2)nc(C)n1. The quantitative estimate of drug-likeness (QED) is 0.575. The van der Waals surface area contributed by atoms with Crippen LogP contribution in [0.2, 0.25) is 5.02 Å². The molecule has 0 spiro atoms. The third kappa shape index (κ3) is 5.38. The van der Waals surface area contributed by atoms with Crippen molar-refractivity contribution < 1.29 is 9.53 Å². The number of benzene rings is 2. The Morgan fingerprint density at radius 3 is 2.41 bits per heavy atom. The Morgan fingerprint density at radius 1 is 1.04 bits per heavy atom. The Hall–Kier alpha value is -2.72.